The maximum atomic E-state index is 13.2. The number of epoxide rings is 1. The molecule has 2 atom stereocenters. The van der Waals surface area contributed by atoms with Crippen LogP contribution in [0.5, 0.6) is 0 Å². The lowest BCUT2D eigenvalue weighted by atomic mass is 10.1. The summed E-state index contributed by atoms with van der Waals surface area (Å²) in [5, 5.41) is 0. The number of hydrazine groups is 1. The van der Waals surface area contributed by atoms with Crippen LogP contribution >= 0.6 is 0 Å². The van der Waals surface area contributed by atoms with E-state index in [1.165, 1.54) is 0 Å². The summed E-state index contributed by atoms with van der Waals surface area (Å²) in [5.74, 6) is -2.08. The highest BCUT2D eigenvalue weighted by Gasteiger charge is 2.44. The van der Waals surface area contributed by atoms with Crippen molar-refractivity contribution in [3.63, 3.8) is 0 Å². The smallest absolute Gasteiger partial charge is 0.346 e. The minimum Gasteiger partial charge on any atom is -0.346 e. The summed E-state index contributed by atoms with van der Waals surface area (Å²) in [7, 11) is 0. The second-order valence-electron chi connectivity index (χ2n) is 8.07. The van der Waals surface area contributed by atoms with Crippen LogP contribution in [0.1, 0.15) is 36.5 Å². The Morgan fingerprint density at radius 1 is 1.00 bits per heavy atom. The van der Waals surface area contributed by atoms with Gasteiger partial charge < -0.3 is 9.64 Å². The van der Waals surface area contributed by atoms with Gasteiger partial charge in [0.1, 0.15) is 6.10 Å². The zero-order valence-electron chi connectivity index (χ0n) is 17.8. The highest BCUT2D eigenvalue weighted by molar-refractivity contribution is 5.92. The maximum absolute atomic E-state index is 13.2. The maximum Gasteiger partial charge on any atom is 0.472 e. The van der Waals surface area contributed by atoms with E-state index in [2.05, 4.69) is 5.43 Å². The van der Waals surface area contributed by atoms with Gasteiger partial charge in [0.25, 0.3) is 0 Å². The second kappa shape index (κ2) is 9.80. The zero-order chi connectivity index (χ0) is 23.4. The second-order valence-corrected chi connectivity index (χ2v) is 8.07. The third-order valence-corrected chi connectivity index (χ3v) is 5.65. The zero-order valence-corrected chi connectivity index (χ0v) is 17.8. The molecule has 33 heavy (non-hydrogen) atoms. The number of nitrogens with one attached hydrogen (secondary N) is 2. The SMILES string of the molecule is O=C(N1CCCCC1)N(Cc1ccc(C2OC2NNC(=O)C(F)(F)F)cc1)c1ccccc1. The fourth-order valence-electron chi connectivity index (χ4n) is 3.81. The first-order valence-corrected chi connectivity index (χ1v) is 10.8. The van der Waals surface area contributed by atoms with E-state index in [0.717, 1.165) is 49.2 Å². The first kappa shape index (κ1) is 23.1. The average molecular weight is 462 g/mol. The Balaban J connectivity index is 1.39. The van der Waals surface area contributed by atoms with Crippen molar-refractivity contribution in [1.29, 1.82) is 0 Å². The van der Waals surface area contributed by atoms with Crippen molar-refractivity contribution in [3.05, 3.63) is 65.7 Å². The van der Waals surface area contributed by atoms with E-state index in [9.17, 15) is 22.8 Å². The van der Waals surface area contributed by atoms with E-state index < -0.39 is 24.4 Å². The molecular weight excluding hydrogens is 437 g/mol. The van der Waals surface area contributed by atoms with Crippen LogP contribution in [0.4, 0.5) is 23.7 Å². The van der Waals surface area contributed by atoms with Crippen LogP contribution in [-0.2, 0) is 16.1 Å². The fraction of sp³-hybridized carbons (Fsp3) is 0.391. The Bertz CT molecular complexity index is 963. The van der Waals surface area contributed by atoms with Crippen LogP contribution in [0.2, 0.25) is 0 Å². The van der Waals surface area contributed by atoms with E-state index in [4.69, 9.17) is 4.74 Å². The number of carbonyl (C=O) groups excluding carboxylic acids is 2. The molecule has 2 saturated heterocycles. The molecule has 0 spiro atoms. The normalized spacial score (nSPS) is 20.3. The van der Waals surface area contributed by atoms with Crippen molar-refractivity contribution in [1.82, 2.24) is 15.8 Å². The minimum atomic E-state index is -4.96. The lowest BCUT2D eigenvalue weighted by Crippen LogP contribution is -2.46. The molecule has 2 heterocycles. The Morgan fingerprint density at radius 2 is 1.67 bits per heavy atom. The molecule has 2 aliphatic rings. The van der Waals surface area contributed by atoms with Crippen molar-refractivity contribution in [2.45, 2.75) is 44.3 Å². The topological polar surface area (TPSA) is 77.2 Å². The highest BCUT2D eigenvalue weighted by atomic mass is 19.4. The van der Waals surface area contributed by atoms with Gasteiger partial charge in [0.15, 0.2) is 6.23 Å². The van der Waals surface area contributed by atoms with Gasteiger partial charge >= 0.3 is 18.1 Å². The molecule has 0 aromatic heterocycles. The fourth-order valence-corrected chi connectivity index (χ4v) is 3.81. The van der Waals surface area contributed by atoms with Gasteiger partial charge in [0, 0.05) is 18.8 Å². The molecule has 10 heteroatoms. The molecule has 2 aromatic rings. The van der Waals surface area contributed by atoms with Crippen LogP contribution in [0.25, 0.3) is 0 Å². The molecule has 7 nitrogen and oxygen atoms in total. The number of likely N-dealkylation sites (tertiary alicyclic amines) is 1. The van der Waals surface area contributed by atoms with Crippen LogP contribution in [0.3, 0.4) is 0 Å². The number of hydrogen-bond donors (Lipinski definition) is 2. The number of ether oxygens (including phenoxy) is 1. The van der Waals surface area contributed by atoms with Gasteiger partial charge in [-0.25, -0.2) is 10.2 Å². The van der Waals surface area contributed by atoms with E-state index in [0.29, 0.717) is 6.54 Å². The molecule has 2 unspecified atom stereocenters. The largest absolute Gasteiger partial charge is 0.472 e. The number of carbonyl (C=O) groups is 2. The molecule has 2 aromatic carbocycles. The first-order chi connectivity index (χ1) is 15.8. The third kappa shape index (κ3) is 5.82. The molecule has 0 bridgehead atoms. The van der Waals surface area contributed by atoms with Crippen molar-refractivity contribution < 1.29 is 27.5 Å². The third-order valence-electron chi connectivity index (χ3n) is 5.65. The van der Waals surface area contributed by atoms with Crippen molar-refractivity contribution in [2.24, 2.45) is 0 Å². The number of hydrogen-bond acceptors (Lipinski definition) is 4. The van der Waals surface area contributed by atoms with Crippen LogP contribution < -0.4 is 15.8 Å². The van der Waals surface area contributed by atoms with E-state index in [1.54, 1.807) is 10.3 Å². The number of alkyl halides is 3. The lowest BCUT2D eigenvalue weighted by Gasteiger charge is -2.33. The summed E-state index contributed by atoms with van der Waals surface area (Å²) >= 11 is 0. The van der Waals surface area contributed by atoms with Gasteiger partial charge in [0.05, 0.1) is 6.54 Å². The summed E-state index contributed by atoms with van der Waals surface area (Å²) in [6.45, 7) is 1.88. The Morgan fingerprint density at radius 3 is 2.30 bits per heavy atom. The molecule has 0 aliphatic carbocycles. The molecule has 2 fully saturated rings. The van der Waals surface area contributed by atoms with Crippen LogP contribution in [-0.4, -0.2) is 42.3 Å². The number of benzene rings is 2. The Kier molecular flexibility index (Phi) is 6.85. The number of para-hydroxylation sites is 1. The number of urea groups is 1. The summed E-state index contributed by atoms with van der Waals surface area (Å²) < 4.78 is 42.1. The highest BCUT2D eigenvalue weighted by Crippen LogP contribution is 2.36. The number of nitrogens with zero attached hydrogens (tertiary/aromatic N) is 2. The molecule has 3 amide bonds. The van der Waals surface area contributed by atoms with Gasteiger partial charge in [-0.1, -0.05) is 42.5 Å². The molecule has 0 radical (unpaired) electrons. The van der Waals surface area contributed by atoms with Gasteiger partial charge in [-0.15, -0.1) is 0 Å². The van der Waals surface area contributed by atoms with Gasteiger partial charge in [-0.2, -0.15) is 13.2 Å². The monoisotopic (exact) mass is 462 g/mol. The standard InChI is InChI=1S/C23H25F3N4O3/c24-23(25,26)21(31)28-27-20-19(33-20)17-11-9-16(10-12-17)15-30(18-7-3-1-4-8-18)22(32)29-13-5-2-6-14-29/h1,3-4,7-12,19-20,27H,2,5-6,13-15H2,(H,28,31). The Labute approximate surface area is 189 Å². The van der Waals surface area contributed by atoms with Crippen molar-refractivity contribution in [2.75, 3.05) is 18.0 Å². The number of piperidine rings is 1. The summed E-state index contributed by atoms with van der Waals surface area (Å²) in [4.78, 5) is 27.8. The van der Waals surface area contributed by atoms with E-state index >= 15 is 0 Å². The van der Waals surface area contributed by atoms with Crippen molar-refractivity contribution in [3.8, 4) is 0 Å². The van der Waals surface area contributed by atoms with Crippen LogP contribution in [0, 0.1) is 0 Å². The molecule has 176 valence electrons. The van der Waals surface area contributed by atoms with Crippen molar-refractivity contribution >= 4 is 17.6 Å². The minimum absolute atomic E-state index is 0.0276. The van der Waals surface area contributed by atoms with E-state index in [1.807, 2.05) is 59.5 Å². The predicted molar refractivity (Wildman–Crippen MR) is 115 cm³/mol. The molecular formula is C23H25F3N4O3. The predicted octanol–water partition coefficient (Wildman–Crippen LogP) is 3.88. The molecule has 2 N–H and O–H groups in total. The molecule has 4 rings (SSSR count). The number of anilines is 1. The molecule has 0 saturated carbocycles. The quantitative estimate of drug-likeness (QED) is 0.505. The van der Waals surface area contributed by atoms with Gasteiger partial charge in [0.2, 0.25) is 0 Å². The summed E-state index contributed by atoms with van der Waals surface area (Å²) in [5.41, 5.74) is 6.30. The number of halogens is 3. The Hall–Kier alpha value is -3.11. The summed E-state index contributed by atoms with van der Waals surface area (Å²) in [6, 6.07) is 16.8. The van der Waals surface area contributed by atoms with E-state index in [-0.39, 0.29) is 6.03 Å². The first-order valence-electron chi connectivity index (χ1n) is 10.8. The molecule has 2 aliphatic heterocycles. The lowest BCUT2D eigenvalue weighted by molar-refractivity contribution is -0.174. The van der Waals surface area contributed by atoms with Crippen LogP contribution in [0.15, 0.2) is 54.6 Å². The average Bonchev–Trinajstić information content (AvgIpc) is 3.61. The number of rotatable bonds is 6. The summed E-state index contributed by atoms with van der Waals surface area (Å²) in [6.07, 6.45) is -3.02. The number of amides is 3. The van der Waals surface area contributed by atoms with Gasteiger partial charge in [-0.05, 0) is 42.5 Å². The van der Waals surface area contributed by atoms with Gasteiger partial charge in [-0.3, -0.25) is 15.1 Å².